The Morgan fingerprint density at radius 2 is 1.72 bits per heavy atom. The van der Waals surface area contributed by atoms with Crippen LogP contribution in [0.2, 0.25) is 0 Å². The van der Waals surface area contributed by atoms with Crippen LogP contribution in [0.5, 0.6) is 0 Å². The Hall–Kier alpha value is -3.88. The summed E-state index contributed by atoms with van der Waals surface area (Å²) in [5, 5.41) is 15.5. The van der Waals surface area contributed by atoms with E-state index in [1.807, 2.05) is 98.6 Å². The van der Waals surface area contributed by atoms with Gasteiger partial charge in [0, 0.05) is 32.4 Å². The number of piperazine rings is 1. The molecule has 8 nitrogen and oxygen atoms in total. The molecule has 2 unspecified atom stereocenters. The summed E-state index contributed by atoms with van der Waals surface area (Å²) in [5.74, 6) is -0.0837. The highest BCUT2D eigenvalue weighted by atomic mass is 16.6. The van der Waals surface area contributed by atoms with Crippen LogP contribution >= 0.6 is 0 Å². The molecule has 8 heteroatoms. The van der Waals surface area contributed by atoms with Gasteiger partial charge in [0.25, 0.3) is 5.91 Å². The smallest absolute Gasteiger partial charge is 0.410 e. The van der Waals surface area contributed by atoms with Gasteiger partial charge < -0.3 is 29.9 Å². The monoisotopic (exact) mass is 626 g/mol. The maximum atomic E-state index is 14.9. The number of nitrogens with one attached hydrogen (secondary N) is 1. The summed E-state index contributed by atoms with van der Waals surface area (Å²) in [6.45, 7) is 10.1. The van der Waals surface area contributed by atoms with Crippen molar-refractivity contribution in [3.63, 3.8) is 0 Å². The van der Waals surface area contributed by atoms with Gasteiger partial charge in [0.15, 0.2) is 0 Å². The maximum absolute atomic E-state index is 14.9. The third kappa shape index (κ3) is 7.91. The molecule has 0 spiro atoms. The molecule has 1 saturated carbocycles. The fourth-order valence-electron chi connectivity index (χ4n) is 6.90. The van der Waals surface area contributed by atoms with Crippen LogP contribution in [0, 0.1) is 0 Å². The lowest BCUT2D eigenvalue weighted by molar-refractivity contribution is -0.131. The highest BCUT2D eigenvalue weighted by Crippen LogP contribution is 2.39. The Morgan fingerprint density at radius 1 is 1.00 bits per heavy atom. The molecule has 0 aromatic heterocycles. The second-order valence-electron chi connectivity index (χ2n) is 13.7. The van der Waals surface area contributed by atoms with E-state index < -0.39 is 11.2 Å². The average Bonchev–Trinajstić information content (AvgIpc) is 3.27. The Bertz CT molecular complexity index is 1430. The molecule has 2 aromatic rings. The molecule has 3 aliphatic rings. The van der Waals surface area contributed by atoms with E-state index in [0.717, 1.165) is 42.6 Å². The molecule has 5 rings (SSSR count). The molecule has 2 fully saturated rings. The lowest BCUT2D eigenvalue weighted by Crippen LogP contribution is -2.59. The number of benzene rings is 2. The third-order valence-corrected chi connectivity index (χ3v) is 9.10. The van der Waals surface area contributed by atoms with Crippen molar-refractivity contribution in [1.29, 1.82) is 0 Å². The van der Waals surface area contributed by atoms with E-state index in [1.165, 1.54) is 0 Å². The van der Waals surface area contributed by atoms with Crippen LogP contribution in [0.4, 0.5) is 4.79 Å². The molecule has 46 heavy (non-hydrogen) atoms. The normalized spacial score (nSPS) is 23.8. The number of carbonyl (C=O) groups excluding carboxylic acids is 2. The lowest BCUT2D eigenvalue weighted by Gasteiger charge is -2.47. The zero-order valence-corrected chi connectivity index (χ0v) is 27.8. The summed E-state index contributed by atoms with van der Waals surface area (Å²) in [6.07, 6.45) is 11.6. The highest BCUT2D eigenvalue weighted by molar-refractivity contribution is 6.04. The lowest BCUT2D eigenvalue weighted by atomic mass is 9.78. The van der Waals surface area contributed by atoms with Crippen LogP contribution in [0.15, 0.2) is 90.7 Å². The number of nitrogens with zero attached hydrogens (tertiary/aromatic N) is 3. The quantitative estimate of drug-likeness (QED) is 0.388. The van der Waals surface area contributed by atoms with E-state index in [0.29, 0.717) is 44.6 Å². The Balaban J connectivity index is 1.55. The fourth-order valence-corrected chi connectivity index (χ4v) is 6.90. The fraction of sp³-hybridized carbons (Fsp3) is 0.474. The molecular formula is C38H50N4O4. The zero-order chi connectivity index (χ0) is 32.7. The van der Waals surface area contributed by atoms with Crippen molar-refractivity contribution >= 4 is 17.7 Å². The number of amides is 2. The van der Waals surface area contributed by atoms with E-state index in [2.05, 4.69) is 29.3 Å². The number of rotatable bonds is 8. The number of ether oxygens (including phenoxy) is 1. The summed E-state index contributed by atoms with van der Waals surface area (Å²) in [7, 11) is 0. The Kier molecular flexibility index (Phi) is 10.7. The van der Waals surface area contributed by atoms with Gasteiger partial charge in [-0.15, -0.1) is 0 Å². The minimum atomic E-state index is -0.952. The molecule has 1 saturated heterocycles. The minimum absolute atomic E-state index is 0.0837. The van der Waals surface area contributed by atoms with Crippen molar-refractivity contribution in [3.05, 3.63) is 102 Å². The number of aliphatic hydroxyl groups is 1. The highest BCUT2D eigenvalue weighted by Gasteiger charge is 2.44. The van der Waals surface area contributed by atoms with E-state index in [9.17, 15) is 14.7 Å². The molecule has 0 radical (unpaired) electrons. The van der Waals surface area contributed by atoms with Gasteiger partial charge in [-0.3, -0.25) is 4.79 Å². The van der Waals surface area contributed by atoms with Gasteiger partial charge in [0.2, 0.25) is 0 Å². The van der Waals surface area contributed by atoms with Gasteiger partial charge in [-0.25, -0.2) is 4.79 Å². The van der Waals surface area contributed by atoms with Crippen molar-refractivity contribution in [3.8, 4) is 0 Å². The van der Waals surface area contributed by atoms with Gasteiger partial charge in [-0.1, -0.05) is 86.5 Å². The van der Waals surface area contributed by atoms with Crippen LogP contribution in [0.25, 0.3) is 5.70 Å². The number of allylic oxidation sites excluding steroid dienone is 2. The summed E-state index contributed by atoms with van der Waals surface area (Å²) < 4.78 is 5.73. The molecule has 2 heterocycles. The second kappa shape index (κ2) is 14.7. The first-order valence-corrected chi connectivity index (χ1v) is 16.8. The van der Waals surface area contributed by atoms with Crippen LogP contribution in [0.3, 0.4) is 0 Å². The molecular weight excluding hydrogens is 576 g/mol. The maximum Gasteiger partial charge on any atom is 0.410 e. The van der Waals surface area contributed by atoms with Crippen molar-refractivity contribution in [1.82, 2.24) is 20.0 Å². The molecule has 2 aliphatic heterocycles. The van der Waals surface area contributed by atoms with Crippen molar-refractivity contribution in [2.24, 2.45) is 0 Å². The summed E-state index contributed by atoms with van der Waals surface area (Å²) in [5.41, 5.74) is 1.84. The number of hydrogen-bond acceptors (Lipinski definition) is 6. The molecule has 2 aromatic carbocycles. The third-order valence-electron chi connectivity index (χ3n) is 9.10. The first-order valence-electron chi connectivity index (χ1n) is 16.8. The Morgan fingerprint density at radius 3 is 2.41 bits per heavy atom. The van der Waals surface area contributed by atoms with Gasteiger partial charge >= 0.3 is 6.09 Å². The molecule has 2 N–H and O–H groups in total. The molecule has 0 bridgehead atoms. The largest absolute Gasteiger partial charge is 0.444 e. The van der Waals surface area contributed by atoms with E-state index in [-0.39, 0.29) is 24.1 Å². The van der Waals surface area contributed by atoms with E-state index in [1.54, 1.807) is 4.90 Å². The summed E-state index contributed by atoms with van der Waals surface area (Å²) in [6, 6.07) is 19.7. The minimum Gasteiger partial charge on any atom is -0.444 e. The van der Waals surface area contributed by atoms with Gasteiger partial charge in [0.05, 0.1) is 29.0 Å². The second-order valence-corrected chi connectivity index (χ2v) is 13.7. The predicted octanol–water partition coefficient (Wildman–Crippen LogP) is 5.76. The molecule has 2 amide bonds. The van der Waals surface area contributed by atoms with Crippen molar-refractivity contribution < 1.29 is 19.4 Å². The molecule has 246 valence electrons. The zero-order valence-electron chi connectivity index (χ0n) is 27.8. The van der Waals surface area contributed by atoms with Gasteiger partial charge in [0.1, 0.15) is 5.60 Å². The predicted molar refractivity (Wildman–Crippen MR) is 183 cm³/mol. The standard InChI is InChI=1S/C38H50N4O4/c1-5-39-28-38(45)22-14-12-21-33(38)42-23-15-13-20-32(34(42)30-18-10-7-11-19-30)35(43)41-25-24-40(36(44)46-37(2,3)4)27-31(41)26-29-16-8-6-9-17-29/h6-11,13,15-20,23,31,33,39,45H,5,12,14,21-22,24-28H2,1-4H3/t31-,33?,38?/m1/s1. The van der Waals surface area contributed by atoms with Crippen LogP contribution in [-0.2, 0) is 16.0 Å². The average molecular weight is 627 g/mol. The van der Waals surface area contributed by atoms with E-state index in [4.69, 9.17) is 4.74 Å². The van der Waals surface area contributed by atoms with Crippen LogP contribution in [0.1, 0.15) is 64.5 Å². The van der Waals surface area contributed by atoms with Crippen LogP contribution < -0.4 is 5.32 Å². The van der Waals surface area contributed by atoms with Crippen molar-refractivity contribution in [2.75, 3.05) is 32.7 Å². The first-order chi connectivity index (χ1) is 22.1. The summed E-state index contributed by atoms with van der Waals surface area (Å²) >= 11 is 0. The van der Waals surface area contributed by atoms with Crippen LogP contribution in [-0.4, -0.2) is 87.8 Å². The SMILES string of the molecule is CCNCC1(O)CCCCC1N1C=CC=CC(C(=O)N2CCN(C(=O)OC(C)(C)C)C[C@H]2Cc2ccccc2)=C1c1ccccc1. The van der Waals surface area contributed by atoms with E-state index >= 15 is 0 Å². The topological polar surface area (TPSA) is 85.4 Å². The molecule has 3 atom stereocenters. The first kappa shape index (κ1) is 33.5. The number of hydrogen-bond donors (Lipinski definition) is 2. The van der Waals surface area contributed by atoms with Gasteiger partial charge in [-0.2, -0.15) is 0 Å². The van der Waals surface area contributed by atoms with Gasteiger partial charge in [-0.05, 0) is 69.9 Å². The Labute approximate surface area is 274 Å². The number of likely N-dealkylation sites (N-methyl/N-ethyl adjacent to an activating group) is 1. The molecule has 1 aliphatic carbocycles. The van der Waals surface area contributed by atoms with Crippen molar-refractivity contribution in [2.45, 2.75) is 83.1 Å². The number of carbonyl (C=O) groups is 2. The summed E-state index contributed by atoms with van der Waals surface area (Å²) in [4.78, 5) is 33.9.